The van der Waals surface area contributed by atoms with Gasteiger partial charge in [-0.2, -0.15) is 5.10 Å². The number of hydrogen-bond donors (Lipinski definition) is 0. The molecule has 7 heteroatoms. The Hall–Kier alpha value is -2.80. The Morgan fingerprint density at radius 3 is 2.71 bits per heavy atom. The quantitative estimate of drug-likeness (QED) is 0.576. The maximum Gasteiger partial charge on any atom is 0.264 e. The number of rotatable bonds is 3. The SMILES string of the molecule is Cc1ncc(Cn2cnc3c(cnn3-c3ccccc3C)c2=O)s1. The van der Waals surface area contributed by atoms with E-state index >= 15 is 0 Å². The van der Waals surface area contributed by atoms with Gasteiger partial charge in [0.15, 0.2) is 5.65 Å². The van der Waals surface area contributed by atoms with Gasteiger partial charge in [-0.1, -0.05) is 18.2 Å². The zero-order valence-corrected chi connectivity index (χ0v) is 14.1. The van der Waals surface area contributed by atoms with Crippen LogP contribution >= 0.6 is 11.3 Å². The second-order valence-electron chi connectivity index (χ2n) is 5.60. The average Bonchev–Trinajstić information content (AvgIpc) is 3.17. The molecule has 4 rings (SSSR count). The van der Waals surface area contributed by atoms with Gasteiger partial charge in [0, 0.05) is 11.1 Å². The first-order chi connectivity index (χ1) is 11.6. The first-order valence-electron chi connectivity index (χ1n) is 7.54. The van der Waals surface area contributed by atoms with E-state index in [-0.39, 0.29) is 5.56 Å². The lowest BCUT2D eigenvalue weighted by molar-refractivity contribution is 0.753. The zero-order valence-electron chi connectivity index (χ0n) is 13.3. The van der Waals surface area contributed by atoms with Crippen LogP contribution in [0.2, 0.25) is 0 Å². The Bertz CT molecular complexity index is 1090. The molecule has 0 aliphatic heterocycles. The van der Waals surface area contributed by atoms with Crippen LogP contribution in [0.15, 0.2) is 47.8 Å². The number of benzene rings is 1. The van der Waals surface area contributed by atoms with Gasteiger partial charge in [0.2, 0.25) is 0 Å². The van der Waals surface area contributed by atoms with Crippen LogP contribution in [0.5, 0.6) is 0 Å². The minimum Gasteiger partial charge on any atom is -0.293 e. The normalized spacial score (nSPS) is 11.2. The summed E-state index contributed by atoms with van der Waals surface area (Å²) >= 11 is 1.58. The van der Waals surface area contributed by atoms with Gasteiger partial charge < -0.3 is 0 Å². The summed E-state index contributed by atoms with van der Waals surface area (Å²) in [6, 6.07) is 7.90. The monoisotopic (exact) mass is 337 g/mol. The molecule has 3 aromatic heterocycles. The molecule has 120 valence electrons. The lowest BCUT2D eigenvalue weighted by atomic mass is 10.2. The van der Waals surface area contributed by atoms with Gasteiger partial charge in [-0.3, -0.25) is 9.36 Å². The van der Waals surface area contributed by atoms with Gasteiger partial charge in [-0.15, -0.1) is 11.3 Å². The van der Waals surface area contributed by atoms with Crippen LogP contribution in [0, 0.1) is 13.8 Å². The van der Waals surface area contributed by atoms with Crippen molar-refractivity contribution in [2.45, 2.75) is 20.4 Å². The maximum absolute atomic E-state index is 12.7. The molecule has 0 fully saturated rings. The van der Waals surface area contributed by atoms with Gasteiger partial charge in [0.1, 0.15) is 11.7 Å². The highest BCUT2D eigenvalue weighted by Gasteiger charge is 2.13. The molecule has 3 heterocycles. The minimum absolute atomic E-state index is 0.0918. The fourth-order valence-electron chi connectivity index (χ4n) is 2.68. The summed E-state index contributed by atoms with van der Waals surface area (Å²) in [6.07, 6.45) is 4.97. The van der Waals surface area contributed by atoms with Crippen LogP contribution in [0.3, 0.4) is 0 Å². The number of aryl methyl sites for hydroxylation is 2. The molecule has 0 amide bonds. The van der Waals surface area contributed by atoms with E-state index < -0.39 is 0 Å². The maximum atomic E-state index is 12.7. The summed E-state index contributed by atoms with van der Waals surface area (Å²) in [5.74, 6) is 0. The molecule has 0 aliphatic rings. The molecule has 4 aromatic rings. The summed E-state index contributed by atoms with van der Waals surface area (Å²) in [7, 11) is 0. The number of aromatic nitrogens is 5. The van der Waals surface area contributed by atoms with Gasteiger partial charge in [-0.25, -0.2) is 14.6 Å². The molecule has 24 heavy (non-hydrogen) atoms. The predicted octanol–water partition coefficient (Wildman–Crippen LogP) is 2.70. The average molecular weight is 337 g/mol. The van der Waals surface area contributed by atoms with Gasteiger partial charge in [-0.05, 0) is 25.5 Å². The number of fused-ring (bicyclic) bond motifs is 1. The highest BCUT2D eigenvalue weighted by atomic mass is 32.1. The van der Waals surface area contributed by atoms with Crippen molar-refractivity contribution < 1.29 is 0 Å². The summed E-state index contributed by atoms with van der Waals surface area (Å²) in [6.45, 7) is 4.43. The first kappa shape index (κ1) is 14.8. The smallest absolute Gasteiger partial charge is 0.264 e. The predicted molar refractivity (Wildman–Crippen MR) is 93.8 cm³/mol. The van der Waals surface area contributed by atoms with Crippen LogP contribution in [0.4, 0.5) is 0 Å². The largest absolute Gasteiger partial charge is 0.293 e. The topological polar surface area (TPSA) is 65.6 Å². The Kier molecular flexibility index (Phi) is 3.50. The molecule has 0 radical (unpaired) electrons. The Morgan fingerprint density at radius 1 is 1.12 bits per heavy atom. The van der Waals surface area contributed by atoms with Crippen LogP contribution in [0.1, 0.15) is 15.4 Å². The van der Waals surface area contributed by atoms with E-state index in [9.17, 15) is 4.79 Å². The van der Waals surface area contributed by atoms with Gasteiger partial charge >= 0.3 is 0 Å². The Labute approximate surface area is 142 Å². The molecular formula is C17H15N5OS. The molecule has 0 saturated carbocycles. The van der Waals surface area contributed by atoms with Gasteiger partial charge in [0.25, 0.3) is 5.56 Å². The van der Waals surface area contributed by atoms with Crippen molar-refractivity contribution in [2.75, 3.05) is 0 Å². The van der Waals surface area contributed by atoms with Crippen molar-refractivity contribution in [1.29, 1.82) is 0 Å². The van der Waals surface area contributed by atoms with Crippen LogP contribution in [-0.4, -0.2) is 24.3 Å². The molecule has 0 aliphatic carbocycles. The lowest BCUT2D eigenvalue weighted by Gasteiger charge is -2.07. The van der Waals surface area contributed by atoms with Crippen LogP contribution in [-0.2, 0) is 6.54 Å². The molecule has 0 N–H and O–H groups in total. The van der Waals surface area contributed by atoms with E-state index in [1.165, 1.54) is 0 Å². The molecule has 0 spiro atoms. The molecule has 0 saturated heterocycles. The van der Waals surface area contributed by atoms with Crippen molar-refractivity contribution in [3.05, 3.63) is 68.8 Å². The summed E-state index contributed by atoms with van der Waals surface area (Å²) in [5, 5.41) is 5.87. The lowest BCUT2D eigenvalue weighted by Crippen LogP contribution is -2.20. The fraction of sp³-hybridized carbons (Fsp3) is 0.176. The minimum atomic E-state index is -0.0918. The van der Waals surface area contributed by atoms with Crippen LogP contribution < -0.4 is 5.56 Å². The molecule has 1 aromatic carbocycles. The zero-order chi connectivity index (χ0) is 16.7. The molecular weight excluding hydrogens is 322 g/mol. The molecule has 0 unspecified atom stereocenters. The van der Waals surface area contributed by atoms with Crippen molar-refractivity contribution in [3.8, 4) is 5.69 Å². The second-order valence-corrected chi connectivity index (χ2v) is 6.92. The molecule has 0 bridgehead atoms. The number of hydrogen-bond acceptors (Lipinski definition) is 5. The highest BCUT2D eigenvalue weighted by molar-refractivity contribution is 7.11. The van der Waals surface area contributed by atoms with E-state index in [0.717, 1.165) is 21.1 Å². The standard InChI is InChI=1S/C17H15N5OS/c1-11-5-3-4-6-15(11)22-16-14(8-20-22)17(23)21(10-19-16)9-13-7-18-12(2)24-13/h3-8,10H,9H2,1-2H3. The van der Waals surface area contributed by atoms with E-state index in [1.807, 2.05) is 38.1 Å². The van der Waals surface area contributed by atoms with E-state index in [0.29, 0.717) is 17.6 Å². The van der Waals surface area contributed by atoms with Gasteiger partial charge in [0.05, 0.1) is 23.4 Å². The molecule has 6 nitrogen and oxygen atoms in total. The van der Waals surface area contributed by atoms with Crippen LogP contribution in [0.25, 0.3) is 16.7 Å². The fourth-order valence-corrected chi connectivity index (χ4v) is 3.48. The summed E-state index contributed by atoms with van der Waals surface area (Å²) in [5.41, 5.74) is 2.49. The Balaban J connectivity index is 1.81. The van der Waals surface area contributed by atoms with Crippen molar-refractivity contribution in [2.24, 2.45) is 0 Å². The number of thiazole rings is 1. The van der Waals surface area contributed by atoms with Crippen molar-refractivity contribution >= 4 is 22.4 Å². The first-order valence-corrected chi connectivity index (χ1v) is 8.35. The summed E-state index contributed by atoms with van der Waals surface area (Å²) in [4.78, 5) is 22.4. The third-order valence-electron chi connectivity index (χ3n) is 3.89. The molecule has 0 atom stereocenters. The van der Waals surface area contributed by atoms with E-state index in [4.69, 9.17) is 0 Å². The van der Waals surface area contributed by atoms with Crippen molar-refractivity contribution in [1.82, 2.24) is 24.3 Å². The highest BCUT2D eigenvalue weighted by Crippen LogP contribution is 2.17. The number of para-hydroxylation sites is 1. The Morgan fingerprint density at radius 2 is 1.96 bits per heavy atom. The summed E-state index contributed by atoms with van der Waals surface area (Å²) < 4.78 is 3.31. The second kappa shape index (κ2) is 5.68. The third-order valence-corrected chi connectivity index (χ3v) is 4.79. The van der Waals surface area contributed by atoms with Crippen molar-refractivity contribution in [3.63, 3.8) is 0 Å². The third kappa shape index (κ3) is 2.43. The van der Waals surface area contributed by atoms with E-state index in [2.05, 4.69) is 15.1 Å². The van der Waals surface area contributed by atoms with E-state index in [1.54, 1.807) is 39.3 Å². The number of nitrogens with zero attached hydrogens (tertiary/aromatic N) is 5.